The van der Waals surface area contributed by atoms with Crippen LogP contribution in [-0.2, 0) is 4.79 Å². The molecule has 0 aliphatic heterocycles. The third kappa shape index (κ3) is 2.72. The van der Waals surface area contributed by atoms with Crippen molar-refractivity contribution >= 4 is 24.2 Å². The second-order valence-electron chi connectivity index (χ2n) is 2.06. The summed E-state index contributed by atoms with van der Waals surface area (Å²) in [7, 11) is 0. The molecule has 0 unspecified atom stereocenters. The van der Waals surface area contributed by atoms with Crippen LogP contribution in [-0.4, -0.2) is 12.6 Å². The minimum absolute atomic E-state index is 0.501. The molecule has 0 saturated carbocycles. The molecule has 0 fully saturated rings. The van der Waals surface area contributed by atoms with Crippen LogP contribution < -0.4 is 5.43 Å². The molecule has 1 aromatic carbocycles. The number of halogens is 1. The third-order valence-electron chi connectivity index (χ3n) is 1.19. The van der Waals surface area contributed by atoms with Crippen molar-refractivity contribution < 1.29 is 4.79 Å². The van der Waals surface area contributed by atoms with Crippen LogP contribution in [0.3, 0.4) is 0 Å². The maximum absolute atomic E-state index is 9.81. The van der Waals surface area contributed by atoms with Gasteiger partial charge in [-0.3, -0.25) is 4.79 Å². The highest BCUT2D eigenvalue weighted by Gasteiger charge is 1.88. The first-order valence-electron chi connectivity index (χ1n) is 3.31. The number of carbonyl (C=O) groups excluding carboxylic acids is 1. The molecule has 4 heteroatoms. The van der Waals surface area contributed by atoms with Crippen molar-refractivity contribution in [1.82, 2.24) is 5.43 Å². The van der Waals surface area contributed by atoms with Crippen molar-refractivity contribution in [3.63, 3.8) is 0 Å². The molecule has 1 rings (SSSR count). The number of hydrogen-bond acceptors (Lipinski definition) is 2. The average molecular weight is 183 g/mol. The van der Waals surface area contributed by atoms with Gasteiger partial charge in [-0.05, 0) is 17.7 Å². The number of benzene rings is 1. The summed E-state index contributed by atoms with van der Waals surface area (Å²) in [5.74, 6) is 0. The summed E-state index contributed by atoms with van der Waals surface area (Å²) in [6.07, 6.45) is 2.02. The SMILES string of the molecule is O=CN/N=C/c1cccc(Cl)c1. The number of nitrogens with one attached hydrogen (secondary N) is 1. The first kappa shape index (κ1) is 8.74. The van der Waals surface area contributed by atoms with Crippen LogP contribution in [0.4, 0.5) is 0 Å². The van der Waals surface area contributed by atoms with Crippen molar-refractivity contribution in [2.24, 2.45) is 5.10 Å². The summed E-state index contributed by atoms with van der Waals surface area (Å²) in [5, 5.41) is 4.24. The molecule has 0 bridgehead atoms. The highest BCUT2D eigenvalue weighted by molar-refractivity contribution is 6.30. The minimum Gasteiger partial charge on any atom is -0.277 e. The second kappa shape index (κ2) is 4.51. The summed E-state index contributed by atoms with van der Waals surface area (Å²) in [4.78, 5) is 9.81. The maximum Gasteiger partial charge on any atom is 0.227 e. The van der Waals surface area contributed by atoms with E-state index >= 15 is 0 Å². The van der Waals surface area contributed by atoms with Gasteiger partial charge in [0.15, 0.2) is 0 Å². The number of hydrogen-bond donors (Lipinski definition) is 1. The molecule has 0 radical (unpaired) electrons. The van der Waals surface area contributed by atoms with Gasteiger partial charge in [-0.1, -0.05) is 23.7 Å². The highest BCUT2D eigenvalue weighted by Crippen LogP contribution is 2.08. The van der Waals surface area contributed by atoms with E-state index in [1.807, 2.05) is 12.1 Å². The molecule has 12 heavy (non-hydrogen) atoms. The van der Waals surface area contributed by atoms with E-state index in [9.17, 15) is 4.79 Å². The lowest BCUT2D eigenvalue weighted by atomic mass is 10.2. The number of rotatable bonds is 3. The summed E-state index contributed by atoms with van der Waals surface area (Å²) in [6.45, 7) is 0. The van der Waals surface area contributed by atoms with Gasteiger partial charge in [0, 0.05) is 5.02 Å². The van der Waals surface area contributed by atoms with Crippen molar-refractivity contribution in [1.29, 1.82) is 0 Å². The molecular weight excluding hydrogens is 176 g/mol. The third-order valence-corrected chi connectivity index (χ3v) is 1.42. The molecule has 1 N–H and O–H groups in total. The molecule has 3 nitrogen and oxygen atoms in total. The normalized spacial score (nSPS) is 10.1. The maximum atomic E-state index is 9.81. The van der Waals surface area contributed by atoms with Gasteiger partial charge in [-0.15, -0.1) is 0 Å². The van der Waals surface area contributed by atoms with Gasteiger partial charge >= 0.3 is 0 Å². The van der Waals surface area contributed by atoms with E-state index in [1.165, 1.54) is 6.21 Å². The fourth-order valence-electron chi connectivity index (χ4n) is 0.729. The van der Waals surface area contributed by atoms with Gasteiger partial charge in [-0.25, -0.2) is 5.43 Å². The smallest absolute Gasteiger partial charge is 0.227 e. The van der Waals surface area contributed by atoms with E-state index in [0.29, 0.717) is 11.4 Å². The van der Waals surface area contributed by atoms with Crippen molar-refractivity contribution in [3.8, 4) is 0 Å². The quantitative estimate of drug-likeness (QED) is 0.429. The summed E-state index contributed by atoms with van der Waals surface area (Å²) in [5.41, 5.74) is 3.01. The molecule has 62 valence electrons. The van der Waals surface area contributed by atoms with Crippen LogP contribution in [0.5, 0.6) is 0 Å². The molecule has 0 aromatic heterocycles. The fraction of sp³-hybridized carbons (Fsp3) is 0. The van der Waals surface area contributed by atoms with E-state index in [-0.39, 0.29) is 0 Å². The first-order valence-corrected chi connectivity index (χ1v) is 3.68. The molecule has 0 spiro atoms. The highest BCUT2D eigenvalue weighted by atomic mass is 35.5. The van der Waals surface area contributed by atoms with E-state index in [1.54, 1.807) is 12.1 Å². The Balaban J connectivity index is 2.69. The summed E-state index contributed by atoms with van der Waals surface area (Å²) in [6, 6.07) is 7.16. The van der Waals surface area contributed by atoms with E-state index < -0.39 is 0 Å². The molecular formula is C8H7ClN2O. The molecule has 0 aliphatic carbocycles. The summed E-state index contributed by atoms with van der Waals surface area (Å²) >= 11 is 5.71. The molecule has 0 atom stereocenters. The molecule has 0 heterocycles. The van der Waals surface area contributed by atoms with Gasteiger partial charge in [0.25, 0.3) is 0 Å². The monoisotopic (exact) mass is 182 g/mol. The predicted molar refractivity (Wildman–Crippen MR) is 48.2 cm³/mol. The Bertz CT molecular complexity index is 299. The standard InChI is InChI=1S/C8H7ClN2O/c9-8-3-1-2-7(4-8)5-10-11-6-12/h1-6H,(H,11,12)/b10-5+. The lowest BCUT2D eigenvalue weighted by molar-refractivity contribution is -0.109. The topological polar surface area (TPSA) is 41.5 Å². The van der Waals surface area contributed by atoms with Gasteiger partial charge in [0.1, 0.15) is 0 Å². The van der Waals surface area contributed by atoms with Crippen molar-refractivity contribution in [2.45, 2.75) is 0 Å². The Morgan fingerprint density at radius 3 is 3.00 bits per heavy atom. The lowest BCUT2D eigenvalue weighted by Crippen LogP contribution is -2.00. The van der Waals surface area contributed by atoms with Crippen LogP contribution in [0.2, 0.25) is 5.02 Å². The molecule has 1 amide bonds. The van der Waals surface area contributed by atoms with Crippen molar-refractivity contribution in [3.05, 3.63) is 34.9 Å². The zero-order chi connectivity index (χ0) is 8.81. The number of hydrazone groups is 1. The lowest BCUT2D eigenvalue weighted by Gasteiger charge is -1.92. The predicted octanol–water partition coefficient (Wildman–Crippen LogP) is 1.42. The summed E-state index contributed by atoms with van der Waals surface area (Å²) < 4.78 is 0. The zero-order valence-electron chi connectivity index (χ0n) is 6.20. The molecule has 0 aliphatic rings. The largest absolute Gasteiger partial charge is 0.277 e. The van der Waals surface area contributed by atoms with Crippen LogP contribution in [0.1, 0.15) is 5.56 Å². The van der Waals surface area contributed by atoms with Crippen LogP contribution in [0, 0.1) is 0 Å². The first-order chi connectivity index (χ1) is 5.83. The Hall–Kier alpha value is -1.35. The Morgan fingerprint density at radius 2 is 2.33 bits per heavy atom. The molecule has 1 aromatic rings. The zero-order valence-corrected chi connectivity index (χ0v) is 6.95. The van der Waals surface area contributed by atoms with Gasteiger partial charge in [0.05, 0.1) is 6.21 Å². The average Bonchev–Trinajstić information content (AvgIpc) is 2.05. The van der Waals surface area contributed by atoms with Gasteiger partial charge in [0.2, 0.25) is 6.41 Å². The van der Waals surface area contributed by atoms with E-state index in [2.05, 4.69) is 10.5 Å². The van der Waals surface area contributed by atoms with Crippen LogP contribution in [0.15, 0.2) is 29.4 Å². The Morgan fingerprint density at radius 1 is 1.50 bits per heavy atom. The minimum atomic E-state index is 0.501. The number of nitrogens with zero attached hydrogens (tertiary/aromatic N) is 1. The van der Waals surface area contributed by atoms with Crippen LogP contribution in [0.25, 0.3) is 0 Å². The number of carbonyl (C=O) groups is 1. The fourth-order valence-corrected chi connectivity index (χ4v) is 0.928. The van der Waals surface area contributed by atoms with Gasteiger partial charge in [-0.2, -0.15) is 5.10 Å². The van der Waals surface area contributed by atoms with E-state index in [0.717, 1.165) is 5.56 Å². The Labute approximate surface area is 75.0 Å². The van der Waals surface area contributed by atoms with Gasteiger partial charge < -0.3 is 0 Å². The van der Waals surface area contributed by atoms with Crippen LogP contribution >= 0.6 is 11.6 Å². The second-order valence-corrected chi connectivity index (χ2v) is 2.50. The number of amides is 1. The van der Waals surface area contributed by atoms with E-state index in [4.69, 9.17) is 11.6 Å². The van der Waals surface area contributed by atoms with Crippen molar-refractivity contribution in [2.75, 3.05) is 0 Å². The Kier molecular flexibility index (Phi) is 3.29. The molecule has 0 saturated heterocycles.